The average molecular weight is 283 g/mol. The van der Waals surface area contributed by atoms with Crippen LogP contribution in [0, 0.1) is 5.41 Å². The molecule has 19 heavy (non-hydrogen) atoms. The molecule has 1 fully saturated rings. The summed E-state index contributed by atoms with van der Waals surface area (Å²) in [5, 5.41) is 6.76. The summed E-state index contributed by atoms with van der Waals surface area (Å²) in [6.07, 6.45) is 1.89. The summed E-state index contributed by atoms with van der Waals surface area (Å²) in [7, 11) is 1.57. The largest absolute Gasteiger partial charge is 0.495 e. The van der Waals surface area contributed by atoms with Crippen LogP contribution >= 0.6 is 11.6 Å². The highest BCUT2D eigenvalue weighted by Gasteiger charge is 2.34. The molecule has 1 amide bonds. The third kappa shape index (κ3) is 3.19. The van der Waals surface area contributed by atoms with Gasteiger partial charge < -0.3 is 15.4 Å². The quantitative estimate of drug-likeness (QED) is 0.896. The first-order chi connectivity index (χ1) is 9.05. The highest BCUT2D eigenvalue weighted by atomic mass is 35.5. The number of piperidine rings is 1. The van der Waals surface area contributed by atoms with E-state index in [0.29, 0.717) is 23.0 Å². The monoisotopic (exact) mass is 282 g/mol. The lowest BCUT2D eigenvalue weighted by atomic mass is 9.82. The van der Waals surface area contributed by atoms with E-state index in [0.717, 1.165) is 19.4 Å². The molecular weight excluding hydrogens is 264 g/mol. The van der Waals surface area contributed by atoms with Crippen molar-refractivity contribution in [2.75, 3.05) is 25.5 Å². The van der Waals surface area contributed by atoms with Gasteiger partial charge in [0, 0.05) is 11.6 Å². The topological polar surface area (TPSA) is 50.4 Å². The Morgan fingerprint density at radius 2 is 2.32 bits per heavy atom. The molecule has 2 rings (SSSR count). The number of hydrogen-bond donors (Lipinski definition) is 2. The molecule has 5 heteroatoms. The highest BCUT2D eigenvalue weighted by molar-refractivity contribution is 6.31. The number of amides is 1. The average Bonchev–Trinajstić information content (AvgIpc) is 2.40. The van der Waals surface area contributed by atoms with Crippen LogP contribution in [-0.4, -0.2) is 26.1 Å². The Labute approximate surface area is 118 Å². The summed E-state index contributed by atoms with van der Waals surface area (Å²) in [5.41, 5.74) is 0.234. The predicted octanol–water partition coefficient (Wildman–Crippen LogP) is 2.68. The van der Waals surface area contributed by atoms with Crippen molar-refractivity contribution in [1.29, 1.82) is 0 Å². The minimum absolute atomic E-state index is 0.000247. The first-order valence-electron chi connectivity index (χ1n) is 6.41. The molecule has 1 aliphatic heterocycles. The van der Waals surface area contributed by atoms with E-state index in [1.54, 1.807) is 25.3 Å². The minimum atomic E-state index is -0.383. The second-order valence-corrected chi connectivity index (χ2v) is 5.58. The SMILES string of the molecule is COc1ccc(Cl)cc1NC(=O)C1(C)CCCNC1. The molecule has 0 aliphatic carbocycles. The van der Waals surface area contributed by atoms with Gasteiger partial charge in [-0.2, -0.15) is 0 Å². The van der Waals surface area contributed by atoms with Crippen molar-refractivity contribution in [2.45, 2.75) is 19.8 Å². The van der Waals surface area contributed by atoms with Crippen molar-refractivity contribution in [2.24, 2.45) is 5.41 Å². The zero-order valence-electron chi connectivity index (χ0n) is 11.3. The third-order valence-corrected chi connectivity index (χ3v) is 3.79. The zero-order valence-corrected chi connectivity index (χ0v) is 12.0. The van der Waals surface area contributed by atoms with Gasteiger partial charge in [0.15, 0.2) is 0 Å². The van der Waals surface area contributed by atoms with Gasteiger partial charge in [-0.05, 0) is 44.5 Å². The summed E-state index contributed by atoms with van der Waals surface area (Å²) < 4.78 is 5.23. The molecule has 1 atom stereocenters. The van der Waals surface area contributed by atoms with Gasteiger partial charge in [-0.25, -0.2) is 0 Å². The van der Waals surface area contributed by atoms with Gasteiger partial charge in [0.1, 0.15) is 5.75 Å². The van der Waals surface area contributed by atoms with Gasteiger partial charge in [-0.1, -0.05) is 11.6 Å². The van der Waals surface area contributed by atoms with Crippen LogP contribution in [0.5, 0.6) is 5.75 Å². The fourth-order valence-corrected chi connectivity index (χ4v) is 2.47. The fraction of sp³-hybridized carbons (Fsp3) is 0.500. The maximum Gasteiger partial charge on any atom is 0.231 e. The number of anilines is 1. The smallest absolute Gasteiger partial charge is 0.231 e. The molecule has 2 N–H and O–H groups in total. The molecule has 1 aliphatic rings. The number of halogens is 1. The van der Waals surface area contributed by atoms with Gasteiger partial charge in [-0.3, -0.25) is 4.79 Å². The van der Waals surface area contributed by atoms with E-state index >= 15 is 0 Å². The normalized spacial score (nSPS) is 22.9. The Balaban J connectivity index is 2.16. The van der Waals surface area contributed by atoms with Crippen LogP contribution in [0.25, 0.3) is 0 Å². The van der Waals surface area contributed by atoms with Crippen LogP contribution in [-0.2, 0) is 4.79 Å². The van der Waals surface area contributed by atoms with Crippen LogP contribution in [0.15, 0.2) is 18.2 Å². The van der Waals surface area contributed by atoms with Crippen LogP contribution in [0.4, 0.5) is 5.69 Å². The Morgan fingerprint density at radius 1 is 1.53 bits per heavy atom. The molecule has 1 heterocycles. The van der Waals surface area contributed by atoms with Crippen molar-refractivity contribution in [3.63, 3.8) is 0 Å². The maximum absolute atomic E-state index is 12.4. The number of hydrogen-bond acceptors (Lipinski definition) is 3. The fourth-order valence-electron chi connectivity index (χ4n) is 2.30. The molecule has 1 aromatic carbocycles. The molecule has 4 nitrogen and oxygen atoms in total. The number of nitrogens with one attached hydrogen (secondary N) is 2. The predicted molar refractivity (Wildman–Crippen MR) is 76.8 cm³/mol. The highest BCUT2D eigenvalue weighted by Crippen LogP contribution is 2.31. The molecular formula is C14H19ClN2O2. The van der Waals surface area contributed by atoms with Crippen molar-refractivity contribution < 1.29 is 9.53 Å². The maximum atomic E-state index is 12.4. The van der Waals surface area contributed by atoms with Gasteiger partial charge in [0.2, 0.25) is 5.91 Å². The van der Waals surface area contributed by atoms with E-state index in [2.05, 4.69) is 10.6 Å². The number of carbonyl (C=O) groups is 1. The van der Waals surface area contributed by atoms with Gasteiger partial charge in [0.25, 0.3) is 0 Å². The number of rotatable bonds is 3. The minimum Gasteiger partial charge on any atom is -0.495 e. The van der Waals surface area contributed by atoms with E-state index in [-0.39, 0.29) is 11.3 Å². The van der Waals surface area contributed by atoms with Crippen molar-refractivity contribution in [3.05, 3.63) is 23.2 Å². The second-order valence-electron chi connectivity index (χ2n) is 5.14. The molecule has 1 unspecified atom stereocenters. The Kier molecular flexibility index (Phi) is 4.32. The van der Waals surface area contributed by atoms with Crippen LogP contribution in [0.1, 0.15) is 19.8 Å². The number of ether oxygens (including phenoxy) is 1. The first-order valence-corrected chi connectivity index (χ1v) is 6.79. The Morgan fingerprint density at radius 3 is 2.95 bits per heavy atom. The van der Waals surface area contributed by atoms with Crippen LogP contribution in [0.2, 0.25) is 5.02 Å². The lowest BCUT2D eigenvalue weighted by molar-refractivity contribution is -0.125. The van der Waals surface area contributed by atoms with Crippen molar-refractivity contribution in [3.8, 4) is 5.75 Å². The van der Waals surface area contributed by atoms with Crippen molar-refractivity contribution >= 4 is 23.2 Å². The summed E-state index contributed by atoms with van der Waals surface area (Å²) >= 11 is 5.96. The van der Waals surface area contributed by atoms with Crippen LogP contribution < -0.4 is 15.4 Å². The van der Waals surface area contributed by atoms with Gasteiger partial charge in [-0.15, -0.1) is 0 Å². The number of methoxy groups -OCH3 is 1. The van der Waals surface area contributed by atoms with Gasteiger partial charge >= 0.3 is 0 Å². The van der Waals surface area contributed by atoms with Crippen LogP contribution in [0.3, 0.4) is 0 Å². The molecule has 0 aromatic heterocycles. The standard InChI is InChI=1S/C14H19ClN2O2/c1-14(6-3-7-16-9-14)13(18)17-11-8-10(15)4-5-12(11)19-2/h4-5,8,16H,3,6-7,9H2,1-2H3,(H,17,18). The van der Waals surface area contributed by atoms with E-state index in [4.69, 9.17) is 16.3 Å². The van der Waals surface area contributed by atoms with E-state index in [1.807, 2.05) is 6.92 Å². The summed E-state index contributed by atoms with van der Waals surface area (Å²) in [4.78, 5) is 12.4. The third-order valence-electron chi connectivity index (χ3n) is 3.56. The molecule has 1 aromatic rings. The molecule has 0 radical (unpaired) electrons. The molecule has 0 saturated carbocycles. The summed E-state index contributed by atoms with van der Waals surface area (Å²) in [6, 6.07) is 5.19. The first kappa shape index (κ1) is 14.2. The number of benzene rings is 1. The second kappa shape index (κ2) is 5.80. The lowest BCUT2D eigenvalue weighted by Crippen LogP contribution is -2.46. The summed E-state index contributed by atoms with van der Waals surface area (Å²) in [5.74, 6) is 0.616. The zero-order chi connectivity index (χ0) is 13.9. The van der Waals surface area contributed by atoms with Crippen molar-refractivity contribution in [1.82, 2.24) is 5.32 Å². The van der Waals surface area contributed by atoms with E-state index in [9.17, 15) is 4.79 Å². The number of carbonyl (C=O) groups excluding carboxylic acids is 1. The summed E-state index contributed by atoms with van der Waals surface area (Å²) in [6.45, 7) is 3.65. The van der Waals surface area contributed by atoms with E-state index < -0.39 is 0 Å². The molecule has 1 saturated heterocycles. The Hall–Kier alpha value is -1.26. The Bertz CT molecular complexity index is 471. The molecule has 0 bridgehead atoms. The van der Waals surface area contributed by atoms with E-state index in [1.165, 1.54) is 0 Å². The molecule has 0 spiro atoms. The lowest BCUT2D eigenvalue weighted by Gasteiger charge is -2.32. The molecule has 104 valence electrons. The van der Waals surface area contributed by atoms with Gasteiger partial charge in [0.05, 0.1) is 18.2 Å².